The Bertz CT molecular complexity index is 1030. The van der Waals surface area contributed by atoms with E-state index in [-0.39, 0.29) is 5.78 Å². The Balaban J connectivity index is 1.84. The normalized spacial score (nSPS) is 12.0. The minimum Gasteiger partial charge on any atom is -0.465 e. The smallest absolute Gasteiger partial charge is 0.339 e. The molecular weight excluding hydrogens is 402 g/mol. The molecule has 0 saturated heterocycles. The highest BCUT2D eigenvalue weighted by Crippen LogP contribution is 2.28. The summed E-state index contributed by atoms with van der Waals surface area (Å²) in [6.45, 7) is 5.22. The number of aromatic amines is 1. The molecule has 0 radical (unpaired) electrons. The molecule has 1 atom stereocenters. The van der Waals surface area contributed by atoms with E-state index in [1.165, 1.54) is 23.6 Å². The number of thioether (sulfide) groups is 1. The van der Waals surface area contributed by atoms with Crippen molar-refractivity contribution in [2.75, 3.05) is 7.11 Å². The van der Waals surface area contributed by atoms with E-state index in [2.05, 4.69) is 20.5 Å². The fourth-order valence-corrected chi connectivity index (χ4v) is 3.81. The predicted octanol–water partition coefficient (Wildman–Crippen LogP) is 3.41. The summed E-state index contributed by atoms with van der Waals surface area (Å²) in [4.78, 5) is 27.9. The number of Topliss-reactive ketones (excluding diaryl/α,β-unsaturated/α-hetero) is 1. The van der Waals surface area contributed by atoms with Crippen LogP contribution < -0.4 is 0 Å². The van der Waals surface area contributed by atoms with Gasteiger partial charge in [-0.15, -0.1) is 5.10 Å². The number of esters is 1. The van der Waals surface area contributed by atoms with Gasteiger partial charge in [0.1, 0.15) is 0 Å². The Morgan fingerprint density at radius 2 is 1.93 bits per heavy atom. The second-order valence-electron chi connectivity index (χ2n) is 6.09. The Labute approximate surface area is 170 Å². The second kappa shape index (κ2) is 8.15. The Morgan fingerprint density at radius 3 is 2.57 bits per heavy atom. The number of aromatic nitrogens is 5. The maximum atomic E-state index is 13.0. The molecular formula is C18H18ClN5O3S. The van der Waals surface area contributed by atoms with E-state index in [1.807, 2.05) is 0 Å². The topological polar surface area (TPSA) is 103 Å². The van der Waals surface area contributed by atoms with Crippen molar-refractivity contribution in [1.29, 1.82) is 0 Å². The van der Waals surface area contributed by atoms with Crippen LogP contribution in [0.4, 0.5) is 0 Å². The summed E-state index contributed by atoms with van der Waals surface area (Å²) in [5.41, 5.74) is 2.66. The molecule has 0 aliphatic heterocycles. The van der Waals surface area contributed by atoms with Gasteiger partial charge in [0.15, 0.2) is 5.78 Å². The number of nitrogens with one attached hydrogen (secondary N) is 1. The summed E-state index contributed by atoms with van der Waals surface area (Å²) in [7, 11) is 1.31. The highest BCUT2D eigenvalue weighted by molar-refractivity contribution is 8.00. The maximum absolute atomic E-state index is 13.0. The van der Waals surface area contributed by atoms with Crippen molar-refractivity contribution in [2.45, 2.75) is 31.2 Å². The lowest BCUT2D eigenvalue weighted by Gasteiger charge is -2.10. The molecule has 3 rings (SSSR count). The molecule has 0 spiro atoms. The summed E-state index contributed by atoms with van der Waals surface area (Å²) in [5, 5.41) is 12.3. The number of halogens is 1. The summed E-state index contributed by atoms with van der Waals surface area (Å²) in [6.07, 6.45) is 0. The fourth-order valence-electron chi connectivity index (χ4n) is 2.82. The van der Waals surface area contributed by atoms with Crippen molar-refractivity contribution in [1.82, 2.24) is 25.2 Å². The minimum atomic E-state index is -0.487. The van der Waals surface area contributed by atoms with Crippen LogP contribution in [0.5, 0.6) is 0 Å². The molecule has 1 unspecified atom stereocenters. The van der Waals surface area contributed by atoms with E-state index in [9.17, 15) is 9.59 Å². The van der Waals surface area contributed by atoms with Crippen molar-refractivity contribution in [3.63, 3.8) is 0 Å². The molecule has 1 N–H and O–H groups in total. The van der Waals surface area contributed by atoms with Crippen LogP contribution in [-0.2, 0) is 4.74 Å². The highest BCUT2D eigenvalue weighted by atomic mass is 35.5. The zero-order valence-electron chi connectivity index (χ0n) is 15.7. The Kier molecular flexibility index (Phi) is 5.85. The molecule has 1 aromatic carbocycles. The lowest BCUT2D eigenvalue weighted by Crippen LogP contribution is -2.16. The predicted molar refractivity (Wildman–Crippen MR) is 105 cm³/mol. The van der Waals surface area contributed by atoms with E-state index in [1.54, 1.807) is 45.0 Å². The molecule has 10 heteroatoms. The number of rotatable bonds is 6. The number of nitrogens with zero attached hydrogens (tertiary/aromatic N) is 4. The fraction of sp³-hybridized carbons (Fsp3) is 0.278. The van der Waals surface area contributed by atoms with Gasteiger partial charge < -0.3 is 9.72 Å². The van der Waals surface area contributed by atoms with Crippen LogP contribution in [-0.4, -0.2) is 49.3 Å². The molecule has 146 valence electrons. The van der Waals surface area contributed by atoms with Crippen LogP contribution in [0.25, 0.3) is 5.69 Å². The van der Waals surface area contributed by atoms with Crippen LogP contribution >= 0.6 is 23.4 Å². The van der Waals surface area contributed by atoms with Gasteiger partial charge in [0.05, 0.1) is 29.3 Å². The van der Waals surface area contributed by atoms with Gasteiger partial charge in [-0.3, -0.25) is 4.79 Å². The van der Waals surface area contributed by atoms with E-state index in [4.69, 9.17) is 16.3 Å². The Morgan fingerprint density at radius 1 is 1.25 bits per heavy atom. The highest BCUT2D eigenvalue weighted by Gasteiger charge is 2.27. The number of ketones is 1. The van der Waals surface area contributed by atoms with Crippen LogP contribution in [0.3, 0.4) is 0 Å². The van der Waals surface area contributed by atoms with Crippen molar-refractivity contribution in [3.05, 3.63) is 51.8 Å². The lowest BCUT2D eigenvalue weighted by atomic mass is 10.1. The van der Waals surface area contributed by atoms with Crippen LogP contribution in [0.1, 0.15) is 39.0 Å². The zero-order chi connectivity index (χ0) is 20.4. The third-order valence-corrected chi connectivity index (χ3v) is 5.52. The third-order valence-electron chi connectivity index (χ3n) is 4.24. The first-order valence-electron chi connectivity index (χ1n) is 8.36. The molecule has 0 aliphatic carbocycles. The number of tetrazole rings is 1. The number of benzene rings is 1. The van der Waals surface area contributed by atoms with Gasteiger partial charge in [-0.2, -0.15) is 4.68 Å². The quantitative estimate of drug-likeness (QED) is 0.371. The molecule has 2 heterocycles. The first-order valence-corrected chi connectivity index (χ1v) is 9.62. The monoisotopic (exact) mass is 419 g/mol. The average molecular weight is 420 g/mol. The van der Waals surface area contributed by atoms with Gasteiger partial charge >= 0.3 is 5.97 Å². The van der Waals surface area contributed by atoms with Crippen molar-refractivity contribution in [3.8, 4) is 5.69 Å². The number of carbonyl (C=O) groups is 2. The summed E-state index contributed by atoms with van der Waals surface area (Å²) in [5.74, 6) is -0.635. The molecule has 0 fully saturated rings. The van der Waals surface area contributed by atoms with Crippen LogP contribution in [0.2, 0.25) is 5.02 Å². The van der Waals surface area contributed by atoms with Crippen molar-refractivity contribution >= 4 is 35.1 Å². The Hall–Kier alpha value is -2.65. The first kappa shape index (κ1) is 20.1. The number of aryl methyl sites for hydroxylation is 1. The van der Waals surface area contributed by atoms with Gasteiger partial charge in [0.25, 0.3) is 0 Å². The second-order valence-corrected chi connectivity index (χ2v) is 7.83. The van der Waals surface area contributed by atoms with E-state index >= 15 is 0 Å². The lowest BCUT2D eigenvalue weighted by molar-refractivity contribution is 0.0599. The minimum absolute atomic E-state index is 0.161. The molecule has 0 amide bonds. The first-order chi connectivity index (χ1) is 13.3. The molecule has 0 saturated carbocycles. The summed E-state index contributed by atoms with van der Waals surface area (Å²) < 4.78 is 6.33. The molecule has 0 bridgehead atoms. The molecule has 0 aliphatic rings. The van der Waals surface area contributed by atoms with E-state index in [0.717, 1.165) is 5.69 Å². The molecule has 28 heavy (non-hydrogen) atoms. The number of hydrogen-bond donors (Lipinski definition) is 1. The average Bonchev–Trinajstić information content (AvgIpc) is 3.25. The largest absolute Gasteiger partial charge is 0.465 e. The number of H-pyrrole nitrogens is 1. The maximum Gasteiger partial charge on any atom is 0.339 e. The van der Waals surface area contributed by atoms with Gasteiger partial charge in [-0.05, 0) is 61.0 Å². The van der Waals surface area contributed by atoms with Crippen molar-refractivity contribution < 1.29 is 14.3 Å². The van der Waals surface area contributed by atoms with Gasteiger partial charge in [-0.1, -0.05) is 23.4 Å². The van der Waals surface area contributed by atoms with Crippen LogP contribution in [0, 0.1) is 13.8 Å². The summed E-state index contributed by atoms with van der Waals surface area (Å²) >= 11 is 7.15. The molecule has 3 aromatic rings. The van der Waals surface area contributed by atoms with Crippen LogP contribution in [0.15, 0.2) is 29.4 Å². The van der Waals surface area contributed by atoms with Gasteiger partial charge in [-0.25, -0.2) is 4.79 Å². The van der Waals surface area contributed by atoms with E-state index < -0.39 is 11.2 Å². The standard InChI is InChI=1S/C18H18ClN5O3S/c1-9-14(17(26)27-4)10(2)20-15(9)16(25)11(3)28-18-21-22-23-24(18)13-7-5-12(19)6-8-13/h5-8,11,20H,1-4H3. The number of methoxy groups -OCH3 is 1. The number of carbonyl (C=O) groups excluding carboxylic acids is 2. The third kappa shape index (κ3) is 3.81. The summed E-state index contributed by atoms with van der Waals surface area (Å²) in [6, 6.07) is 7.05. The van der Waals surface area contributed by atoms with Gasteiger partial charge in [0, 0.05) is 10.7 Å². The molecule has 2 aromatic heterocycles. The SMILES string of the molecule is COC(=O)c1c(C)[nH]c(C(=O)C(C)Sc2nnnn2-c2ccc(Cl)cc2)c1C. The number of hydrogen-bond acceptors (Lipinski definition) is 7. The number of ether oxygens (including phenoxy) is 1. The van der Waals surface area contributed by atoms with E-state index in [0.29, 0.717) is 32.7 Å². The zero-order valence-corrected chi connectivity index (χ0v) is 17.3. The van der Waals surface area contributed by atoms with Crippen molar-refractivity contribution in [2.24, 2.45) is 0 Å². The molecule has 8 nitrogen and oxygen atoms in total. The van der Waals surface area contributed by atoms with Gasteiger partial charge in [0.2, 0.25) is 5.16 Å².